The molecule has 0 spiro atoms. The summed E-state index contributed by atoms with van der Waals surface area (Å²) in [5.74, 6) is 0.456. The number of rotatable bonds is 2. The number of benzene rings is 1. The number of carbonyl (C=O) groups is 1. The second kappa shape index (κ2) is 4.85. The van der Waals surface area contributed by atoms with Crippen molar-refractivity contribution in [3.05, 3.63) is 48.2 Å². The molecule has 0 bridgehead atoms. The number of para-hydroxylation sites is 1. The molecule has 1 aliphatic rings. The van der Waals surface area contributed by atoms with Crippen LogP contribution in [0.25, 0.3) is 0 Å². The predicted molar refractivity (Wildman–Crippen MR) is 78.2 cm³/mol. The Kier molecular flexibility index (Phi) is 3.13. The number of urea groups is 1. The normalized spacial score (nSPS) is 14.5. The molecule has 1 N–H and O–H groups in total. The molecule has 0 radical (unpaired) electrons. The summed E-state index contributed by atoms with van der Waals surface area (Å²) in [6, 6.07) is 9.62. The smallest absolute Gasteiger partial charge is 0.328 e. The van der Waals surface area contributed by atoms with Gasteiger partial charge in [0, 0.05) is 24.6 Å². The van der Waals surface area contributed by atoms with E-state index in [-0.39, 0.29) is 4.90 Å². The Morgan fingerprint density at radius 3 is 2.71 bits per heavy atom. The van der Waals surface area contributed by atoms with Crippen molar-refractivity contribution >= 4 is 27.4 Å². The first-order chi connectivity index (χ1) is 9.98. The van der Waals surface area contributed by atoms with Gasteiger partial charge in [0.05, 0.1) is 10.6 Å². The van der Waals surface area contributed by atoms with Crippen molar-refractivity contribution in [2.24, 2.45) is 0 Å². The van der Waals surface area contributed by atoms with Crippen molar-refractivity contribution in [1.82, 2.24) is 10.3 Å². The molecule has 1 aromatic heterocycles. The van der Waals surface area contributed by atoms with Crippen LogP contribution in [-0.4, -0.2) is 25.7 Å². The van der Waals surface area contributed by atoms with E-state index < -0.39 is 15.9 Å². The van der Waals surface area contributed by atoms with Crippen LogP contribution in [0.5, 0.6) is 0 Å². The summed E-state index contributed by atoms with van der Waals surface area (Å²) >= 11 is 0. The van der Waals surface area contributed by atoms with Crippen LogP contribution in [0.3, 0.4) is 0 Å². The quantitative estimate of drug-likeness (QED) is 0.918. The van der Waals surface area contributed by atoms with Gasteiger partial charge in [-0.3, -0.25) is 0 Å². The molecule has 0 unspecified atom stereocenters. The minimum atomic E-state index is -3.46. The van der Waals surface area contributed by atoms with Crippen molar-refractivity contribution < 1.29 is 13.2 Å². The molecular weight excluding hydrogens is 290 g/mol. The number of sulfone groups is 1. The van der Waals surface area contributed by atoms with Gasteiger partial charge in [-0.25, -0.2) is 23.1 Å². The average Bonchev–Trinajstić information content (AvgIpc) is 2.46. The van der Waals surface area contributed by atoms with Crippen LogP contribution in [0.2, 0.25) is 0 Å². The fraction of sp³-hybridized carbons (Fsp3) is 0.143. The van der Waals surface area contributed by atoms with E-state index in [4.69, 9.17) is 0 Å². The average molecular weight is 303 g/mol. The highest BCUT2D eigenvalue weighted by Gasteiger charge is 2.29. The lowest BCUT2D eigenvalue weighted by molar-refractivity contribution is 0.246. The molecule has 0 atom stereocenters. The van der Waals surface area contributed by atoms with Gasteiger partial charge >= 0.3 is 6.03 Å². The van der Waals surface area contributed by atoms with E-state index in [1.54, 1.807) is 30.5 Å². The maximum Gasteiger partial charge on any atom is 0.328 e. The summed E-state index contributed by atoms with van der Waals surface area (Å²) in [6.07, 6.45) is 2.69. The molecule has 0 aliphatic carbocycles. The van der Waals surface area contributed by atoms with Crippen molar-refractivity contribution in [2.45, 2.75) is 11.4 Å². The van der Waals surface area contributed by atoms with Crippen molar-refractivity contribution in [3.8, 4) is 0 Å². The van der Waals surface area contributed by atoms with Crippen molar-refractivity contribution in [2.75, 3.05) is 11.2 Å². The molecule has 6 nitrogen and oxygen atoms in total. The van der Waals surface area contributed by atoms with Crippen LogP contribution < -0.4 is 10.2 Å². The third-order valence-corrected chi connectivity index (χ3v) is 4.36. The highest BCUT2D eigenvalue weighted by molar-refractivity contribution is 7.90. The fourth-order valence-electron chi connectivity index (χ4n) is 2.29. The van der Waals surface area contributed by atoms with Crippen molar-refractivity contribution in [1.29, 1.82) is 0 Å². The number of anilines is 2. The van der Waals surface area contributed by atoms with E-state index in [0.29, 0.717) is 18.1 Å². The van der Waals surface area contributed by atoms with Crippen LogP contribution in [0, 0.1) is 0 Å². The molecule has 3 rings (SSSR count). The minimum absolute atomic E-state index is 0.0960. The Morgan fingerprint density at radius 2 is 1.95 bits per heavy atom. The van der Waals surface area contributed by atoms with Crippen LogP contribution in [0.1, 0.15) is 5.56 Å². The number of fused-ring (bicyclic) bond motifs is 1. The van der Waals surface area contributed by atoms with Gasteiger partial charge < -0.3 is 5.32 Å². The molecule has 108 valence electrons. The second-order valence-electron chi connectivity index (χ2n) is 4.72. The summed E-state index contributed by atoms with van der Waals surface area (Å²) in [6.45, 7) is 0.375. The van der Waals surface area contributed by atoms with E-state index in [2.05, 4.69) is 10.3 Å². The molecule has 0 fully saturated rings. The van der Waals surface area contributed by atoms with Crippen LogP contribution in [0.4, 0.5) is 16.3 Å². The Labute approximate surface area is 122 Å². The standard InChI is InChI=1S/C14H13N3O3S/c1-21(19,20)12-7-3-2-6-11(12)17-13-10(5-4-8-15-13)9-16-14(17)18/h2-8H,9H2,1H3,(H,16,18). The van der Waals surface area contributed by atoms with Crippen LogP contribution in [-0.2, 0) is 16.4 Å². The first kappa shape index (κ1) is 13.6. The number of amides is 2. The molecule has 21 heavy (non-hydrogen) atoms. The molecule has 2 amide bonds. The molecule has 0 saturated heterocycles. The minimum Gasteiger partial charge on any atom is -0.333 e. The highest BCUT2D eigenvalue weighted by atomic mass is 32.2. The fourth-order valence-corrected chi connectivity index (χ4v) is 3.16. The van der Waals surface area contributed by atoms with Gasteiger partial charge in [-0.1, -0.05) is 18.2 Å². The number of nitrogens with one attached hydrogen (secondary N) is 1. The molecule has 2 aromatic rings. The van der Waals surface area contributed by atoms with Crippen LogP contribution >= 0.6 is 0 Å². The number of carbonyl (C=O) groups excluding carboxylic acids is 1. The Morgan fingerprint density at radius 1 is 1.19 bits per heavy atom. The first-order valence-corrected chi connectivity index (χ1v) is 8.18. The summed E-state index contributed by atoms with van der Waals surface area (Å²) in [4.78, 5) is 17.8. The zero-order valence-electron chi connectivity index (χ0n) is 11.3. The van der Waals surface area contributed by atoms with Crippen molar-refractivity contribution in [3.63, 3.8) is 0 Å². The summed E-state index contributed by atoms with van der Waals surface area (Å²) < 4.78 is 23.9. The highest BCUT2D eigenvalue weighted by Crippen LogP contribution is 2.33. The van der Waals surface area contributed by atoms with E-state index in [1.165, 1.54) is 11.0 Å². The molecule has 2 heterocycles. The van der Waals surface area contributed by atoms with Gasteiger partial charge in [0.25, 0.3) is 0 Å². The third kappa shape index (κ3) is 2.36. The number of pyridine rings is 1. The SMILES string of the molecule is CS(=O)(=O)c1ccccc1N1C(=O)NCc2cccnc21. The second-order valence-corrected chi connectivity index (χ2v) is 6.70. The van der Waals surface area contributed by atoms with Gasteiger partial charge in [0.2, 0.25) is 0 Å². The van der Waals surface area contributed by atoms with E-state index in [0.717, 1.165) is 11.8 Å². The lowest BCUT2D eigenvalue weighted by atomic mass is 10.2. The molecule has 1 aromatic carbocycles. The van der Waals surface area contributed by atoms with E-state index >= 15 is 0 Å². The maximum atomic E-state index is 12.2. The number of aromatic nitrogens is 1. The lowest BCUT2D eigenvalue weighted by Crippen LogP contribution is -2.42. The third-order valence-electron chi connectivity index (χ3n) is 3.22. The maximum absolute atomic E-state index is 12.2. The summed E-state index contributed by atoms with van der Waals surface area (Å²) in [5, 5.41) is 2.72. The molecular formula is C14H13N3O3S. The van der Waals surface area contributed by atoms with E-state index in [1.807, 2.05) is 6.07 Å². The summed E-state index contributed by atoms with van der Waals surface area (Å²) in [7, 11) is -3.46. The molecule has 1 aliphatic heterocycles. The number of nitrogens with zero attached hydrogens (tertiary/aromatic N) is 2. The number of hydrogen-bond donors (Lipinski definition) is 1. The summed E-state index contributed by atoms with van der Waals surface area (Å²) in [5.41, 5.74) is 1.14. The molecule has 0 saturated carbocycles. The number of hydrogen-bond acceptors (Lipinski definition) is 4. The topological polar surface area (TPSA) is 79.4 Å². The molecule has 7 heteroatoms. The van der Waals surface area contributed by atoms with E-state index in [9.17, 15) is 13.2 Å². The Balaban J connectivity index is 2.24. The predicted octanol–water partition coefficient (Wildman–Crippen LogP) is 1.85. The zero-order valence-corrected chi connectivity index (χ0v) is 12.1. The van der Waals surface area contributed by atoms with Gasteiger partial charge in [0.1, 0.15) is 5.82 Å². The Hall–Kier alpha value is -2.41. The lowest BCUT2D eigenvalue weighted by Gasteiger charge is -2.29. The van der Waals surface area contributed by atoms with Gasteiger partial charge in [-0.2, -0.15) is 0 Å². The van der Waals surface area contributed by atoms with Crippen LogP contribution in [0.15, 0.2) is 47.5 Å². The zero-order chi connectivity index (χ0) is 15.0. The Bertz CT molecular complexity index is 818. The monoisotopic (exact) mass is 303 g/mol. The largest absolute Gasteiger partial charge is 0.333 e. The van der Waals surface area contributed by atoms with Gasteiger partial charge in [-0.15, -0.1) is 0 Å². The first-order valence-electron chi connectivity index (χ1n) is 6.29. The van der Waals surface area contributed by atoms with Gasteiger partial charge in [0.15, 0.2) is 9.84 Å². The van der Waals surface area contributed by atoms with Gasteiger partial charge in [-0.05, 0) is 18.2 Å².